The van der Waals surface area contributed by atoms with E-state index in [1.54, 1.807) is 65.5 Å². The molecule has 2 aromatic heterocycles. The lowest BCUT2D eigenvalue weighted by atomic mass is 9.90. The fourth-order valence-corrected chi connectivity index (χ4v) is 6.90. The third-order valence-electron chi connectivity index (χ3n) is 9.67. The van der Waals surface area contributed by atoms with Crippen LogP contribution in [0.2, 0.25) is 0 Å². The lowest BCUT2D eigenvalue weighted by Crippen LogP contribution is -2.62. The van der Waals surface area contributed by atoms with Gasteiger partial charge >= 0.3 is 12.1 Å². The van der Waals surface area contributed by atoms with Gasteiger partial charge in [-0.3, -0.25) is 14.6 Å². The van der Waals surface area contributed by atoms with Gasteiger partial charge in [-0.2, -0.15) is 0 Å². The lowest BCUT2D eigenvalue weighted by molar-refractivity contribution is -0.129. The zero-order valence-electron chi connectivity index (χ0n) is 33.9. The van der Waals surface area contributed by atoms with Crippen LogP contribution in [0.4, 0.5) is 14.7 Å². The molecular weight excluding hydrogens is 759 g/mol. The number of hydrogen-bond acceptors (Lipinski definition) is 10. The number of thiazole rings is 1. The van der Waals surface area contributed by atoms with Gasteiger partial charge in [0.2, 0.25) is 11.8 Å². The Hall–Kier alpha value is -5.58. The summed E-state index contributed by atoms with van der Waals surface area (Å²) in [4.78, 5) is 65.9. The Labute approximate surface area is 344 Å². The van der Waals surface area contributed by atoms with Gasteiger partial charge in [-0.25, -0.2) is 14.6 Å². The zero-order valence-corrected chi connectivity index (χ0v) is 34.7. The molecule has 16 heteroatoms. The first-order valence-electron chi connectivity index (χ1n) is 19.3. The summed E-state index contributed by atoms with van der Waals surface area (Å²) < 4.78 is 0. The highest BCUT2D eigenvalue weighted by Crippen LogP contribution is 2.18. The standard InChI is InChI=1S/C42H57N9O6S/c1-26(2)34(48-41(56)50(5)23-30-19-13-14-20-44-30)38(54)46-32(21-28-15-9-7-10-16-28)36(52)37(53)33(22-29-17-11-8-12-18-29)47-39(55)35(27(3)4)49-42(57)51(6)24-31-25-58-40(43)45-31/h7-20,25-27,32-37,52-53H,21-24H2,1-6H3,(H2,43,45)(H,46,54)(H,47,55)(H,48,56)(H,49,57)/t32-,33-,34-,35+,36-,37-/m0/s1. The quantitative estimate of drug-likeness (QED) is 0.0739. The average molecular weight is 816 g/mol. The molecule has 0 saturated heterocycles. The van der Waals surface area contributed by atoms with Crippen LogP contribution in [-0.2, 0) is 35.5 Å². The van der Waals surface area contributed by atoms with Gasteiger partial charge in [0, 0.05) is 25.7 Å². The summed E-state index contributed by atoms with van der Waals surface area (Å²) in [6.07, 6.45) is -1.32. The molecule has 6 amide bonds. The van der Waals surface area contributed by atoms with Crippen LogP contribution in [0.25, 0.3) is 0 Å². The van der Waals surface area contributed by atoms with Gasteiger partial charge in [-0.05, 0) is 47.9 Å². The summed E-state index contributed by atoms with van der Waals surface area (Å²) in [6, 6.07) is 18.6. The first-order chi connectivity index (χ1) is 27.6. The summed E-state index contributed by atoms with van der Waals surface area (Å²) in [6.45, 7) is 7.55. The maximum atomic E-state index is 14.0. The maximum Gasteiger partial charge on any atom is 0.318 e. The third kappa shape index (κ3) is 13.5. The van der Waals surface area contributed by atoms with Crippen LogP contribution in [-0.4, -0.2) is 104 Å². The van der Waals surface area contributed by atoms with Crippen molar-refractivity contribution in [2.24, 2.45) is 11.8 Å². The van der Waals surface area contributed by atoms with E-state index >= 15 is 0 Å². The second-order valence-corrected chi connectivity index (χ2v) is 16.0. The predicted molar refractivity (Wildman–Crippen MR) is 224 cm³/mol. The molecule has 0 bridgehead atoms. The van der Waals surface area contributed by atoms with Gasteiger partial charge in [0.05, 0.1) is 36.6 Å². The SMILES string of the molecule is CC(C)[C@H](NC(=O)N(C)Cc1ccccn1)C(=O)N[C@@H](Cc1ccccc1)[C@H](O)[C@@H](O)[C@H](Cc1ccccc1)NC(=O)[C@H](NC(=O)N(C)Cc1csc(N)n1)C(C)C. The number of pyridine rings is 1. The van der Waals surface area contributed by atoms with E-state index in [0.717, 1.165) is 11.1 Å². The van der Waals surface area contributed by atoms with Crippen molar-refractivity contribution < 1.29 is 29.4 Å². The highest BCUT2D eigenvalue weighted by molar-refractivity contribution is 7.13. The van der Waals surface area contributed by atoms with Crippen LogP contribution < -0.4 is 27.0 Å². The molecule has 0 aliphatic carbocycles. The average Bonchev–Trinajstić information content (AvgIpc) is 3.62. The van der Waals surface area contributed by atoms with Gasteiger partial charge in [0.25, 0.3) is 0 Å². The van der Waals surface area contributed by atoms with Crippen molar-refractivity contribution in [2.45, 2.75) is 90.0 Å². The minimum Gasteiger partial charge on any atom is -0.388 e. The minimum absolute atomic E-state index is 0.119. The molecule has 15 nitrogen and oxygen atoms in total. The number of rotatable bonds is 19. The van der Waals surface area contributed by atoms with E-state index < -0.39 is 60.3 Å². The van der Waals surface area contributed by atoms with Crippen molar-refractivity contribution in [2.75, 3.05) is 19.8 Å². The maximum absolute atomic E-state index is 14.0. The summed E-state index contributed by atoms with van der Waals surface area (Å²) >= 11 is 1.26. The molecule has 0 fully saturated rings. The summed E-state index contributed by atoms with van der Waals surface area (Å²) in [5.41, 5.74) is 8.58. The van der Waals surface area contributed by atoms with Crippen molar-refractivity contribution in [1.82, 2.24) is 41.0 Å². The number of nitrogens with two attached hydrogens (primary N) is 1. The molecule has 2 heterocycles. The highest BCUT2D eigenvalue weighted by Gasteiger charge is 2.38. The lowest BCUT2D eigenvalue weighted by Gasteiger charge is -2.35. The van der Waals surface area contributed by atoms with Crippen LogP contribution in [0.15, 0.2) is 90.4 Å². The van der Waals surface area contributed by atoms with E-state index in [1.165, 1.54) is 21.1 Å². The van der Waals surface area contributed by atoms with Crippen LogP contribution in [0.5, 0.6) is 0 Å². The smallest absolute Gasteiger partial charge is 0.318 e. The molecule has 58 heavy (non-hydrogen) atoms. The molecule has 312 valence electrons. The van der Waals surface area contributed by atoms with Gasteiger partial charge in [-0.1, -0.05) is 94.4 Å². The molecule has 0 spiro atoms. The van der Waals surface area contributed by atoms with Gasteiger partial charge in [-0.15, -0.1) is 11.3 Å². The molecule has 8 N–H and O–H groups in total. The number of amides is 6. The Morgan fingerprint density at radius 2 is 1.09 bits per heavy atom. The zero-order chi connectivity index (χ0) is 42.4. The monoisotopic (exact) mass is 815 g/mol. The van der Waals surface area contributed by atoms with Crippen molar-refractivity contribution in [3.05, 3.63) is 113 Å². The molecule has 0 aliphatic heterocycles. The highest BCUT2D eigenvalue weighted by atomic mass is 32.1. The second kappa shape index (κ2) is 21.8. The predicted octanol–water partition coefficient (Wildman–Crippen LogP) is 3.33. The number of benzene rings is 2. The van der Waals surface area contributed by atoms with Crippen LogP contribution in [0, 0.1) is 11.8 Å². The largest absolute Gasteiger partial charge is 0.388 e. The fourth-order valence-electron chi connectivity index (χ4n) is 6.34. The Morgan fingerprint density at radius 3 is 1.47 bits per heavy atom. The van der Waals surface area contributed by atoms with E-state index in [9.17, 15) is 29.4 Å². The van der Waals surface area contributed by atoms with Crippen molar-refractivity contribution >= 4 is 40.3 Å². The second-order valence-electron chi connectivity index (χ2n) is 15.1. The molecule has 0 radical (unpaired) electrons. The molecule has 0 unspecified atom stereocenters. The number of aliphatic hydroxyl groups excluding tert-OH is 2. The van der Waals surface area contributed by atoms with Gasteiger partial charge in [0.15, 0.2) is 5.13 Å². The van der Waals surface area contributed by atoms with E-state index in [0.29, 0.717) is 16.5 Å². The van der Waals surface area contributed by atoms with Crippen LogP contribution >= 0.6 is 11.3 Å². The topological polar surface area (TPSA) is 215 Å². The van der Waals surface area contributed by atoms with E-state index in [-0.39, 0.29) is 37.8 Å². The molecule has 6 atom stereocenters. The number of hydrogen-bond donors (Lipinski definition) is 7. The molecule has 2 aromatic carbocycles. The fraction of sp³-hybridized carbons (Fsp3) is 0.429. The van der Waals surface area contributed by atoms with Crippen LogP contribution in [0.1, 0.15) is 50.2 Å². The van der Waals surface area contributed by atoms with E-state index in [1.807, 2.05) is 66.7 Å². The molecular formula is C42H57N9O6S. The Morgan fingerprint density at radius 1 is 0.655 bits per heavy atom. The molecule has 4 aromatic rings. The number of aromatic nitrogens is 2. The van der Waals surface area contributed by atoms with E-state index in [4.69, 9.17) is 5.73 Å². The van der Waals surface area contributed by atoms with Crippen LogP contribution in [0.3, 0.4) is 0 Å². The molecule has 4 rings (SSSR count). The van der Waals surface area contributed by atoms with Gasteiger partial charge < -0.3 is 47.0 Å². The summed E-state index contributed by atoms with van der Waals surface area (Å²) in [5, 5.41) is 37.6. The summed E-state index contributed by atoms with van der Waals surface area (Å²) in [7, 11) is 3.18. The number of anilines is 1. The number of aliphatic hydroxyl groups is 2. The third-order valence-corrected chi connectivity index (χ3v) is 10.4. The molecule has 0 aliphatic rings. The number of urea groups is 2. The first kappa shape index (κ1) is 45.1. The van der Waals surface area contributed by atoms with Crippen molar-refractivity contribution in [3.63, 3.8) is 0 Å². The normalized spacial score (nSPS) is 14.4. The number of nitrogen functional groups attached to an aromatic ring is 1. The first-order valence-corrected chi connectivity index (χ1v) is 20.2. The van der Waals surface area contributed by atoms with Crippen molar-refractivity contribution in [3.8, 4) is 0 Å². The van der Waals surface area contributed by atoms with E-state index in [2.05, 4.69) is 31.2 Å². The number of nitrogens with one attached hydrogen (secondary N) is 4. The minimum atomic E-state index is -1.60. The molecule has 0 saturated carbocycles. The number of nitrogens with zero attached hydrogens (tertiary/aromatic N) is 4. The number of carbonyl (C=O) groups excluding carboxylic acids is 4. The number of carbonyl (C=O) groups is 4. The summed E-state index contributed by atoms with van der Waals surface area (Å²) in [5.74, 6) is -1.83. The Kier molecular flexibility index (Phi) is 17.0. The van der Waals surface area contributed by atoms with Crippen molar-refractivity contribution in [1.29, 1.82) is 0 Å². The van der Waals surface area contributed by atoms with Gasteiger partial charge in [0.1, 0.15) is 24.3 Å². The Bertz CT molecular complexity index is 1900. The Balaban J connectivity index is 1.56.